The molecule has 2 N–H and O–H groups in total. The summed E-state index contributed by atoms with van der Waals surface area (Å²) in [5, 5.41) is 4.35. The van der Waals surface area contributed by atoms with Crippen LogP contribution in [0.1, 0.15) is 49.8 Å². The zero-order chi connectivity index (χ0) is 14.2. The number of rotatable bonds is 2. The SMILES string of the molecule is CCc1c(C2CCCC(C(F)(F)F)C2)nn(C)c1N. The van der Waals surface area contributed by atoms with Crippen molar-refractivity contribution < 1.29 is 13.2 Å². The molecule has 0 saturated heterocycles. The van der Waals surface area contributed by atoms with E-state index < -0.39 is 12.1 Å². The topological polar surface area (TPSA) is 43.8 Å². The molecule has 1 aliphatic carbocycles. The molecule has 1 saturated carbocycles. The summed E-state index contributed by atoms with van der Waals surface area (Å²) in [5.41, 5.74) is 7.61. The van der Waals surface area contributed by atoms with Gasteiger partial charge in [-0.1, -0.05) is 13.3 Å². The normalized spacial score (nSPS) is 24.7. The Morgan fingerprint density at radius 3 is 2.63 bits per heavy atom. The maximum atomic E-state index is 12.8. The first-order valence-corrected chi connectivity index (χ1v) is 6.72. The van der Waals surface area contributed by atoms with Crippen LogP contribution in [0, 0.1) is 5.92 Å². The van der Waals surface area contributed by atoms with Crippen molar-refractivity contribution >= 4 is 5.82 Å². The Morgan fingerprint density at radius 1 is 1.37 bits per heavy atom. The maximum Gasteiger partial charge on any atom is 0.391 e. The lowest BCUT2D eigenvalue weighted by atomic mass is 9.78. The van der Waals surface area contributed by atoms with Crippen LogP contribution in [0.15, 0.2) is 0 Å². The Bertz CT molecular complexity index is 451. The summed E-state index contributed by atoms with van der Waals surface area (Å²) in [6.07, 6.45) is -1.62. The van der Waals surface area contributed by atoms with E-state index in [1.165, 1.54) is 0 Å². The van der Waals surface area contributed by atoms with Crippen LogP contribution in [0.4, 0.5) is 19.0 Å². The van der Waals surface area contributed by atoms with Crippen molar-refractivity contribution in [2.75, 3.05) is 5.73 Å². The maximum absolute atomic E-state index is 12.8. The molecule has 0 aliphatic heterocycles. The first-order valence-electron chi connectivity index (χ1n) is 6.72. The molecule has 1 aromatic rings. The minimum atomic E-state index is -4.09. The molecule has 19 heavy (non-hydrogen) atoms. The van der Waals surface area contributed by atoms with Crippen LogP contribution in [0.3, 0.4) is 0 Å². The van der Waals surface area contributed by atoms with Crippen LogP contribution in [0.2, 0.25) is 0 Å². The van der Waals surface area contributed by atoms with Crippen molar-refractivity contribution in [3.8, 4) is 0 Å². The summed E-state index contributed by atoms with van der Waals surface area (Å²) in [6.45, 7) is 1.96. The van der Waals surface area contributed by atoms with Gasteiger partial charge < -0.3 is 5.73 Å². The third kappa shape index (κ3) is 2.72. The number of aryl methyl sites for hydroxylation is 1. The van der Waals surface area contributed by atoms with Gasteiger partial charge >= 0.3 is 6.18 Å². The average molecular weight is 275 g/mol. The average Bonchev–Trinajstić information content (AvgIpc) is 2.64. The predicted octanol–water partition coefficient (Wildman–Crippen LogP) is 3.40. The molecule has 1 heterocycles. The van der Waals surface area contributed by atoms with Gasteiger partial charge in [0.2, 0.25) is 0 Å². The number of hydrogen-bond donors (Lipinski definition) is 1. The third-order valence-electron chi connectivity index (χ3n) is 4.10. The van der Waals surface area contributed by atoms with E-state index in [0.29, 0.717) is 18.7 Å². The van der Waals surface area contributed by atoms with E-state index in [0.717, 1.165) is 17.7 Å². The first kappa shape index (κ1) is 14.2. The summed E-state index contributed by atoms with van der Waals surface area (Å²) in [4.78, 5) is 0. The molecule has 3 nitrogen and oxygen atoms in total. The second-order valence-electron chi connectivity index (χ2n) is 5.33. The zero-order valence-electron chi connectivity index (χ0n) is 11.3. The second kappa shape index (κ2) is 5.06. The van der Waals surface area contributed by atoms with E-state index in [2.05, 4.69) is 5.10 Å². The monoisotopic (exact) mass is 275 g/mol. The summed E-state index contributed by atoms with van der Waals surface area (Å²) < 4.78 is 40.1. The number of halogens is 3. The lowest BCUT2D eigenvalue weighted by Gasteiger charge is -2.30. The van der Waals surface area contributed by atoms with Gasteiger partial charge in [-0.15, -0.1) is 0 Å². The molecule has 1 aliphatic rings. The quantitative estimate of drug-likeness (QED) is 0.899. The number of nitrogens with zero attached hydrogens (tertiary/aromatic N) is 2. The summed E-state index contributed by atoms with van der Waals surface area (Å²) in [7, 11) is 1.74. The van der Waals surface area contributed by atoms with Gasteiger partial charge in [-0.3, -0.25) is 4.68 Å². The van der Waals surface area contributed by atoms with Gasteiger partial charge in [0.25, 0.3) is 0 Å². The molecule has 0 radical (unpaired) electrons. The van der Waals surface area contributed by atoms with Crippen LogP contribution < -0.4 is 5.73 Å². The van der Waals surface area contributed by atoms with E-state index >= 15 is 0 Å². The molecular weight excluding hydrogens is 255 g/mol. The summed E-state index contributed by atoms with van der Waals surface area (Å²) in [6, 6.07) is 0. The summed E-state index contributed by atoms with van der Waals surface area (Å²) in [5.74, 6) is -0.732. The second-order valence-corrected chi connectivity index (χ2v) is 5.33. The molecule has 0 bridgehead atoms. The number of aromatic nitrogens is 2. The predicted molar refractivity (Wildman–Crippen MR) is 67.8 cm³/mol. The van der Waals surface area contributed by atoms with Gasteiger partial charge in [-0.25, -0.2) is 0 Å². The molecule has 0 aromatic carbocycles. The fourth-order valence-corrected chi connectivity index (χ4v) is 3.03. The largest absolute Gasteiger partial charge is 0.391 e. The van der Waals surface area contributed by atoms with Gasteiger partial charge in [0.1, 0.15) is 5.82 Å². The van der Waals surface area contributed by atoms with Crippen LogP contribution in [-0.2, 0) is 13.5 Å². The van der Waals surface area contributed by atoms with Gasteiger partial charge in [0.05, 0.1) is 11.6 Å². The van der Waals surface area contributed by atoms with Crippen molar-refractivity contribution in [3.63, 3.8) is 0 Å². The Kier molecular flexibility index (Phi) is 3.78. The molecular formula is C13H20F3N3. The summed E-state index contributed by atoms with van der Waals surface area (Å²) >= 11 is 0. The van der Waals surface area contributed by atoms with Crippen molar-refractivity contribution in [1.29, 1.82) is 0 Å². The molecule has 1 fully saturated rings. The fraction of sp³-hybridized carbons (Fsp3) is 0.769. The van der Waals surface area contributed by atoms with E-state index in [-0.39, 0.29) is 18.8 Å². The van der Waals surface area contributed by atoms with Crippen molar-refractivity contribution in [3.05, 3.63) is 11.3 Å². The Labute approximate surface area is 111 Å². The molecule has 2 unspecified atom stereocenters. The van der Waals surface area contributed by atoms with E-state index in [1.807, 2.05) is 6.92 Å². The minimum Gasteiger partial charge on any atom is -0.384 e. The lowest BCUT2D eigenvalue weighted by molar-refractivity contribution is -0.183. The highest BCUT2D eigenvalue weighted by atomic mass is 19.4. The number of nitrogens with two attached hydrogens (primary N) is 1. The highest BCUT2D eigenvalue weighted by molar-refractivity contribution is 5.44. The Hall–Kier alpha value is -1.20. The Morgan fingerprint density at radius 2 is 2.05 bits per heavy atom. The van der Waals surface area contributed by atoms with Gasteiger partial charge in [-0.2, -0.15) is 18.3 Å². The number of nitrogen functional groups attached to an aromatic ring is 1. The van der Waals surface area contributed by atoms with Crippen LogP contribution in [0.5, 0.6) is 0 Å². The van der Waals surface area contributed by atoms with E-state index in [4.69, 9.17) is 5.73 Å². The number of alkyl halides is 3. The molecule has 108 valence electrons. The molecule has 2 atom stereocenters. The van der Waals surface area contributed by atoms with E-state index in [1.54, 1.807) is 11.7 Å². The number of anilines is 1. The van der Waals surface area contributed by atoms with Crippen LogP contribution in [0.25, 0.3) is 0 Å². The minimum absolute atomic E-state index is 0.112. The van der Waals surface area contributed by atoms with Crippen LogP contribution >= 0.6 is 0 Å². The zero-order valence-corrected chi connectivity index (χ0v) is 11.3. The highest BCUT2D eigenvalue weighted by Crippen LogP contribution is 2.44. The van der Waals surface area contributed by atoms with Crippen molar-refractivity contribution in [1.82, 2.24) is 9.78 Å². The Balaban J connectivity index is 2.25. The highest BCUT2D eigenvalue weighted by Gasteiger charge is 2.43. The molecule has 0 amide bonds. The van der Waals surface area contributed by atoms with Crippen molar-refractivity contribution in [2.24, 2.45) is 13.0 Å². The molecule has 0 spiro atoms. The fourth-order valence-electron chi connectivity index (χ4n) is 3.03. The first-order chi connectivity index (χ1) is 8.84. The lowest BCUT2D eigenvalue weighted by Crippen LogP contribution is -2.28. The van der Waals surface area contributed by atoms with Crippen molar-refractivity contribution in [2.45, 2.75) is 51.1 Å². The third-order valence-corrected chi connectivity index (χ3v) is 4.10. The van der Waals surface area contributed by atoms with Gasteiger partial charge in [0, 0.05) is 18.5 Å². The molecule has 1 aromatic heterocycles. The van der Waals surface area contributed by atoms with Gasteiger partial charge in [0.15, 0.2) is 0 Å². The van der Waals surface area contributed by atoms with E-state index in [9.17, 15) is 13.2 Å². The van der Waals surface area contributed by atoms with Crippen LogP contribution in [-0.4, -0.2) is 16.0 Å². The standard InChI is InChI=1S/C13H20F3N3/c1-3-10-11(18-19(2)12(10)17)8-5-4-6-9(7-8)13(14,15)16/h8-9H,3-7,17H2,1-2H3. The molecule has 2 rings (SSSR count). The molecule has 6 heteroatoms. The van der Waals surface area contributed by atoms with Gasteiger partial charge in [-0.05, 0) is 25.7 Å². The smallest absolute Gasteiger partial charge is 0.384 e. The number of hydrogen-bond acceptors (Lipinski definition) is 2.